The van der Waals surface area contributed by atoms with Gasteiger partial charge in [0, 0.05) is 30.4 Å². The Labute approximate surface area is 636 Å². The summed E-state index contributed by atoms with van der Waals surface area (Å²) >= 11 is 3.38. The molecule has 21 nitrogen and oxygen atoms in total. The Bertz CT molecular complexity index is 4720. The van der Waals surface area contributed by atoms with Crippen molar-refractivity contribution in [1.29, 1.82) is 0 Å². The predicted octanol–water partition coefficient (Wildman–Crippen LogP) is 14.1. The molecule has 9 amide bonds. The minimum atomic E-state index is -0.579. The predicted molar refractivity (Wildman–Crippen MR) is 418 cm³/mol. The van der Waals surface area contributed by atoms with E-state index in [-0.39, 0.29) is 85.4 Å². The van der Waals surface area contributed by atoms with Crippen LogP contribution < -0.4 is 24.7 Å². The van der Waals surface area contributed by atoms with Crippen molar-refractivity contribution >= 4 is 139 Å². The zero-order valence-electron chi connectivity index (χ0n) is 59.1. The zero-order valence-corrected chi connectivity index (χ0v) is 62.4. The third-order valence-electron chi connectivity index (χ3n) is 15.4. The average molecular weight is 1510 g/mol. The summed E-state index contributed by atoms with van der Waals surface area (Å²) in [4.78, 5) is 151. The van der Waals surface area contributed by atoms with Gasteiger partial charge >= 0.3 is 0 Å². The van der Waals surface area contributed by atoms with Gasteiger partial charge in [-0.25, -0.2) is 0 Å². The van der Waals surface area contributed by atoms with E-state index in [9.17, 15) is 57.5 Å². The lowest BCUT2D eigenvalue weighted by molar-refractivity contribution is -0.128. The monoisotopic (exact) mass is 1510 g/mol. The molecule has 4 saturated heterocycles. The van der Waals surface area contributed by atoms with E-state index in [2.05, 4.69) is 12.5 Å². The number of nitrogens with zero attached hydrogens (tertiary/aromatic N) is 4. The Kier molecular flexibility index (Phi) is 30.4. The standard InChI is InChI=1S/C23H21NO4S.C22H20N2O5S.C22H21NO4S.C15H13NO3S/c1-3-12-28-20-10-8-18(9-11-20)14-21-22(26)24(23(27)29-21)15-19(25)13-17-6-4-16(2)5-7-17;1-14-3-2-4-16(9-14)10-17(25)12-24-21(27)19(30-22(24)28)11-15-5-7-18(8-6-15)29-13-20(23)26;1-3-27-19-7-5-4-6-17(19)13-20-21(25)23(22(26)28-20)14-18(24)12-16-10-8-15(2)9-11-16;1-3-9-16-14(17)13(20-15(16)18)10-11-7-5-6-8-12(11)19-4-2/h3-11,14H,1,12-13,15H2,2H3;2-9,11H,10,12-13H2,1H3,(H2,23,26);4-11,13H,3,12,14H2,1-2H3;1,5-8,10H,4,9H2,2H3/b21-14-;19-11-;20-13-;13-10-. The van der Waals surface area contributed by atoms with Crippen molar-refractivity contribution in [1.82, 2.24) is 19.6 Å². The van der Waals surface area contributed by atoms with Crippen LogP contribution in [-0.4, -0.2) is 140 Å². The number of thioether (sulfide) groups is 4. The summed E-state index contributed by atoms with van der Waals surface area (Å²) in [5.41, 5.74) is 13.8. The number of hydrogen-bond donors (Lipinski definition) is 1. The molecule has 7 aromatic rings. The summed E-state index contributed by atoms with van der Waals surface area (Å²) in [6, 6.07) is 51.3. The number of amides is 9. The molecule has 107 heavy (non-hydrogen) atoms. The van der Waals surface area contributed by atoms with Crippen LogP contribution in [0.3, 0.4) is 0 Å². The smallest absolute Gasteiger partial charge is 0.294 e. The molecule has 548 valence electrons. The Hall–Kier alpha value is -11.6. The maximum absolute atomic E-state index is 12.6. The van der Waals surface area contributed by atoms with Crippen molar-refractivity contribution < 1.29 is 76.5 Å². The molecule has 11 rings (SSSR count). The van der Waals surface area contributed by atoms with Gasteiger partial charge in [0.25, 0.3) is 50.5 Å². The molecule has 4 aliphatic rings. The van der Waals surface area contributed by atoms with E-state index in [4.69, 9.17) is 31.1 Å². The van der Waals surface area contributed by atoms with Crippen molar-refractivity contribution in [2.24, 2.45) is 5.73 Å². The van der Waals surface area contributed by atoms with Gasteiger partial charge in [-0.1, -0.05) is 169 Å². The molecule has 0 bridgehead atoms. The van der Waals surface area contributed by atoms with Gasteiger partial charge in [-0.3, -0.25) is 77.1 Å². The number of benzene rings is 7. The highest BCUT2D eigenvalue weighted by Gasteiger charge is 2.39. The van der Waals surface area contributed by atoms with Gasteiger partial charge in [-0.05, 0) is 170 Å². The highest BCUT2D eigenvalue weighted by Crippen LogP contribution is 2.37. The van der Waals surface area contributed by atoms with Crippen LogP contribution in [0.25, 0.3) is 24.3 Å². The first-order chi connectivity index (χ1) is 51.4. The lowest BCUT2D eigenvalue weighted by atomic mass is 10.1. The van der Waals surface area contributed by atoms with Crippen molar-refractivity contribution in [3.63, 3.8) is 0 Å². The minimum absolute atomic E-state index is 0.00485. The summed E-state index contributed by atoms with van der Waals surface area (Å²) in [5, 5.41) is -1.66. The molecule has 4 fully saturated rings. The van der Waals surface area contributed by atoms with Crippen LogP contribution in [-0.2, 0) is 57.6 Å². The molecule has 0 saturated carbocycles. The Morgan fingerprint density at radius 2 is 0.813 bits per heavy atom. The molecule has 2 N–H and O–H groups in total. The fourth-order valence-corrected chi connectivity index (χ4v) is 13.6. The van der Waals surface area contributed by atoms with Crippen molar-refractivity contribution in [2.75, 3.05) is 52.6 Å². The normalized spacial score (nSPS) is 15.4. The molecule has 0 spiro atoms. The second-order valence-electron chi connectivity index (χ2n) is 23.8. The van der Waals surface area contributed by atoms with E-state index in [0.29, 0.717) is 63.1 Å². The second-order valence-corrected chi connectivity index (χ2v) is 27.8. The van der Waals surface area contributed by atoms with Crippen molar-refractivity contribution in [3.8, 4) is 35.3 Å². The van der Waals surface area contributed by atoms with Gasteiger partial charge in [-0.2, -0.15) is 0 Å². The number of para-hydroxylation sites is 2. The highest BCUT2D eigenvalue weighted by molar-refractivity contribution is 8.19. The summed E-state index contributed by atoms with van der Waals surface area (Å²) < 4.78 is 21.6. The van der Waals surface area contributed by atoms with Crippen molar-refractivity contribution in [2.45, 2.75) is 53.9 Å². The first-order valence-electron chi connectivity index (χ1n) is 33.4. The van der Waals surface area contributed by atoms with E-state index in [1.807, 2.05) is 156 Å². The summed E-state index contributed by atoms with van der Waals surface area (Å²) in [6.45, 7) is 13.8. The van der Waals surface area contributed by atoms with Crippen LogP contribution in [0.2, 0.25) is 0 Å². The number of ether oxygens (including phenoxy) is 4. The van der Waals surface area contributed by atoms with Crippen molar-refractivity contribution in [3.05, 3.63) is 258 Å². The maximum atomic E-state index is 12.6. The topological polar surface area (TPSA) is 281 Å². The van der Waals surface area contributed by atoms with Crippen LogP contribution in [0.4, 0.5) is 19.2 Å². The van der Waals surface area contributed by atoms with E-state index >= 15 is 0 Å². The minimum Gasteiger partial charge on any atom is -0.493 e. The third kappa shape index (κ3) is 24.2. The lowest BCUT2D eigenvalue weighted by Gasteiger charge is -2.11. The Morgan fingerprint density at radius 3 is 1.20 bits per heavy atom. The number of ketones is 3. The first-order valence-corrected chi connectivity index (χ1v) is 36.6. The molecule has 0 unspecified atom stereocenters. The van der Waals surface area contributed by atoms with E-state index < -0.39 is 39.3 Å². The average Bonchev–Trinajstić information content (AvgIpc) is 1.70. The first kappa shape index (κ1) is 81.1. The van der Waals surface area contributed by atoms with Gasteiger partial charge in [0.05, 0.1) is 59.0 Å². The second kappa shape index (κ2) is 40.1. The quantitative estimate of drug-likeness (QED) is 0.0284. The number of carbonyl (C=O) groups is 12. The Morgan fingerprint density at radius 1 is 0.439 bits per heavy atom. The van der Waals surface area contributed by atoms with E-state index in [1.165, 1.54) is 0 Å². The van der Waals surface area contributed by atoms with Crippen LogP contribution >= 0.6 is 47.0 Å². The number of nitrogens with two attached hydrogens (primary N) is 1. The van der Waals surface area contributed by atoms with E-state index in [0.717, 1.165) is 117 Å². The molecular weight excluding hydrogens is 1440 g/mol. The molecular formula is C82H75N5O16S4. The number of Topliss-reactive ketones (excluding diaryl/α,β-unsaturated/α-hetero) is 3. The largest absolute Gasteiger partial charge is 0.493 e. The molecule has 4 aliphatic heterocycles. The van der Waals surface area contributed by atoms with Gasteiger partial charge in [0.15, 0.2) is 24.0 Å². The van der Waals surface area contributed by atoms with Crippen LogP contribution in [0.15, 0.2) is 202 Å². The van der Waals surface area contributed by atoms with Gasteiger partial charge in [0.2, 0.25) is 0 Å². The number of imide groups is 4. The lowest BCUT2D eigenvalue weighted by Crippen LogP contribution is -2.34. The molecule has 4 heterocycles. The summed E-state index contributed by atoms with van der Waals surface area (Å²) in [6.07, 6.45) is 13.9. The number of primary amides is 1. The molecule has 0 aliphatic carbocycles. The van der Waals surface area contributed by atoms with Crippen LogP contribution in [0.1, 0.15) is 69.5 Å². The fourth-order valence-electron chi connectivity index (χ4n) is 10.2. The number of terminal acetylenes is 1. The summed E-state index contributed by atoms with van der Waals surface area (Å²) in [5.74, 6) is 1.90. The zero-order chi connectivity index (χ0) is 77.1. The number of aryl methyl sites for hydroxylation is 3. The number of rotatable bonds is 27. The molecule has 0 aromatic heterocycles. The van der Waals surface area contributed by atoms with Gasteiger partial charge in [-0.15, -0.1) is 6.42 Å². The van der Waals surface area contributed by atoms with Gasteiger partial charge < -0.3 is 24.7 Å². The molecule has 0 radical (unpaired) electrons. The molecule has 0 atom stereocenters. The maximum Gasteiger partial charge on any atom is 0.294 e. The van der Waals surface area contributed by atoms with Gasteiger partial charge in [0.1, 0.15) is 29.6 Å². The number of hydrogen-bond acceptors (Lipinski definition) is 20. The fraction of sp³-hybridized carbons (Fsp3) is 0.195. The Balaban J connectivity index is 0.000000182. The summed E-state index contributed by atoms with van der Waals surface area (Å²) in [7, 11) is 0. The molecule has 7 aromatic carbocycles. The SMILES string of the molecule is C#CCN1C(=O)S/C(=C\c2ccccc2OCC)C1=O.C=CCOc1ccc(/C=C2\SC(=O)N(CC(=O)Cc3ccc(C)cc3)C2=O)cc1.CCOc1ccccc1/C=C1\SC(=O)N(CC(=O)Cc2ccc(C)cc2)C1=O.Cc1cccc(CC(=O)CN2C(=O)S/C(=C\c3ccc(OCC(N)=O)cc3)C2=O)c1. The molecule has 25 heteroatoms. The van der Waals surface area contributed by atoms with E-state index in [1.54, 1.807) is 78.9 Å². The highest BCUT2D eigenvalue weighted by atomic mass is 32.2. The van der Waals surface area contributed by atoms with Crippen LogP contribution in [0, 0.1) is 33.1 Å². The van der Waals surface area contributed by atoms with Crippen LogP contribution in [0.5, 0.6) is 23.0 Å². The third-order valence-corrected chi connectivity index (χ3v) is 19.0. The number of carbonyl (C=O) groups excluding carboxylic acids is 12.